The van der Waals surface area contributed by atoms with Gasteiger partial charge in [0.25, 0.3) is 5.91 Å². The van der Waals surface area contributed by atoms with Crippen LogP contribution in [-0.4, -0.2) is 28.9 Å². The summed E-state index contributed by atoms with van der Waals surface area (Å²) in [4.78, 5) is 25.1. The Hall–Kier alpha value is -3.38. The van der Waals surface area contributed by atoms with Gasteiger partial charge in [0.05, 0.1) is 5.70 Å². The Morgan fingerprint density at radius 1 is 0.947 bits per heavy atom. The van der Waals surface area contributed by atoms with E-state index in [1.54, 1.807) is 0 Å². The predicted octanol–water partition coefficient (Wildman–Crippen LogP) is 7.28. The van der Waals surface area contributed by atoms with Gasteiger partial charge in [-0.2, -0.15) is 0 Å². The van der Waals surface area contributed by atoms with Crippen molar-refractivity contribution in [1.29, 1.82) is 0 Å². The molecule has 6 heteroatoms. The topological polar surface area (TPSA) is 70.7 Å². The summed E-state index contributed by atoms with van der Waals surface area (Å²) >= 11 is 0. The second-order valence-electron chi connectivity index (χ2n) is 8.45. The van der Waals surface area contributed by atoms with Crippen molar-refractivity contribution in [1.82, 2.24) is 15.8 Å². The molecule has 38 heavy (non-hydrogen) atoms. The maximum absolute atomic E-state index is 13.1. The highest BCUT2D eigenvalue weighted by Crippen LogP contribution is 2.32. The van der Waals surface area contributed by atoms with Gasteiger partial charge >= 0.3 is 0 Å². The van der Waals surface area contributed by atoms with Gasteiger partial charge in [-0.05, 0) is 69.0 Å². The van der Waals surface area contributed by atoms with E-state index in [0.717, 1.165) is 29.0 Å². The van der Waals surface area contributed by atoms with Crippen LogP contribution in [0.5, 0.6) is 5.75 Å². The number of allylic oxidation sites excluding steroid dienone is 2. The summed E-state index contributed by atoms with van der Waals surface area (Å²) < 4.78 is 5.90. The fourth-order valence-corrected chi connectivity index (χ4v) is 3.95. The number of hydrogen-bond donors (Lipinski definition) is 2. The van der Waals surface area contributed by atoms with Crippen LogP contribution >= 0.6 is 0 Å². The first-order valence-corrected chi connectivity index (χ1v) is 13.9. The van der Waals surface area contributed by atoms with Gasteiger partial charge in [-0.3, -0.25) is 9.59 Å². The molecule has 0 aromatic heterocycles. The number of nitrogens with one attached hydrogen (secondary N) is 2. The van der Waals surface area contributed by atoms with E-state index in [-0.39, 0.29) is 19.3 Å². The highest BCUT2D eigenvalue weighted by Gasteiger charge is 2.48. The Balaban J connectivity index is 0.00000193. The van der Waals surface area contributed by atoms with E-state index in [9.17, 15) is 9.59 Å². The Bertz CT molecular complexity index is 1060. The molecule has 0 bridgehead atoms. The number of ketones is 1. The SMILES string of the molecule is CC.CC.CC.CC(=O)C1NN2C(=O)C(CCC=C(C)C)=C(c3ccc(OCc4ccccc4)cc3)NC12.[HH]. The molecule has 2 aliphatic rings. The molecule has 4 rings (SSSR count). The van der Waals surface area contributed by atoms with Gasteiger partial charge < -0.3 is 10.1 Å². The molecule has 1 saturated heterocycles. The number of carbonyl (C=O) groups is 2. The van der Waals surface area contributed by atoms with Gasteiger partial charge in [0.15, 0.2) is 5.78 Å². The van der Waals surface area contributed by atoms with Gasteiger partial charge in [0.2, 0.25) is 0 Å². The zero-order chi connectivity index (χ0) is 28.7. The number of ether oxygens (including phenoxy) is 1. The molecule has 2 heterocycles. The first kappa shape index (κ1) is 32.6. The molecule has 2 atom stereocenters. The summed E-state index contributed by atoms with van der Waals surface area (Å²) in [7, 11) is 0. The van der Waals surface area contributed by atoms with Crippen molar-refractivity contribution >= 4 is 17.4 Å². The van der Waals surface area contributed by atoms with E-state index in [1.807, 2.05) is 96.1 Å². The number of carbonyl (C=O) groups excluding carboxylic acids is 2. The summed E-state index contributed by atoms with van der Waals surface area (Å²) in [6.45, 7) is 18.1. The van der Waals surface area contributed by atoms with E-state index < -0.39 is 6.04 Å². The first-order valence-electron chi connectivity index (χ1n) is 13.9. The largest absolute Gasteiger partial charge is 0.489 e. The molecule has 2 aromatic carbocycles. The third-order valence-corrected chi connectivity index (χ3v) is 5.72. The normalized spacial score (nSPS) is 17.0. The third kappa shape index (κ3) is 8.59. The molecule has 2 aromatic rings. The molecule has 0 saturated carbocycles. The van der Waals surface area contributed by atoms with Crippen molar-refractivity contribution < 1.29 is 15.8 Å². The molecular formula is C32H49N3O3. The smallest absolute Gasteiger partial charge is 0.268 e. The van der Waals surface area contributed by atoms with Crippen LogP contribution in [-0.2, 0) is 16.2 Å². The molecule has 1 amide bonds. The molecule has 1 fully saturated rings. The number of amides is 1. The predicted molar refractivity (Wildman–Crippen MR) is 160 cm³/mol. The lowest BCUT2D eigenvalue weighted by molar-refractivity contribution is -0.154. The van der Waals surface area contributed by atoms with Crippen LogP contribution in [0.2, 0.25) is 0 Å². The maximum atomic E-state index is 13.1. The second-order valence-corrected chi connectivity index (χ2v) is 8.45. The minimum absolute atomic E-state index is 0. The number of hydrogen-bond acceptors (Lipinski definition) is 5. The van der Waals surface area contributed by atoms with Crippen molar-refractivity contribution in [3.05, 3.63) is 82.9 Å². The van der Waals surface area contributed by atoms with Crippen LogP contribution in [0.25, 0.3) is 5.70 Å². The lowest BCUT2D eigenvalue weighted by atomic mass is 9.94. The van der Waals surface area contributed by atoms with E-state index in [1.165, 1.54) is 17.5 Å². The van der Waals surface area contributed by atoms with Crippen LogP contribution in [0, 0.1) is 0 Å². The monoisotopic (exact) mass is 523 g/mol. The average Bonchev–Trinajstić information content (AvgIpc) is 2.94. The Morgan fingerprint density at radius 3 is 2.11 bits per heavy atom. The lowest BCUT2D eigenvalue weighted by Gasteiger charge is -2.51. The summed E-state index contributed by atoms with van der Waals surface area (Å²) in [5, 5.41) is 4.97. The zero-order valence-corrected chi connectivity index (χ0v) is 24.7. The van der Waals surface area contributed by atoms with Crippen molar-refractivity contribution in [2.75, 3.05) is 0 Å². The van der Waals surface area contributed by atoms with Crippen LogP contribution < -0.4 is 15.5 Å². The fraction of sp³-hybridized carbons (Fsp3) is 0.438. The standard InChI is InChI=1S/C26H29N3O3.3C2H6.H2/c1-17(2)8-7-11-22-24(27-25-23(18(3)30)28-29(25)26(22)31)20-12-14-21(15-13-20)32-16-19-9-5-4-6-10-19;3*1-2;/h4-6,8-10,12-15,23,25,27-28H,7,11,16H2,1-3H3;3*1-2H3;1H. The molecule has 0 spiro atoms. The number of Topliss-reactive ketones (excluding diaryl/α,β-unsaturated/α-hetero) is 1. The Labute approximate surface area is 231 Å². The number of benzene rings is 2. The molecule has 0 aliphatic carbocycles. The van der Waals surface area contributed by atoms with Gasteiger partial charge in [0, 0.05) is 7.00 Å². The van der Waals surface area contributed by atoms with Crippen LogP contribution in [0.4, 0.5) is 0 Å². The van der Waals surface area contributed by atoms with Crippen molar-refractivity contribution in [3.63, 3.8) is 0 Å². The van der Waals surface area contributed by atoms with E-state index in [4.69, 9.17) is 4.74 Å². The average molecular weight is 524 g/mol. The Morgan fingerprint density at radius 2 is 1.55 bits per heavy atom. The first-order chi connectivity index (χ1) is 18.4. The minimum atomic E-state index is -0.401. The van der Waals surface area contributed by atoms with Gasteiger partial charge in [-0.25, -0.2) is 10.4 Å². The Kier molecular flexibility index (Phi) is 14.8. The van der Waals surface area contributed by atoms with Gasteiger partial charge in [0.1, 0.15) is 24.6 Å². The number of rotatable bonds is 8. The molecule has 0 radical (unpaired) electrons. The lowest BCUT2D eigenvalue weighted by Crippen LogP contribution is -2.79. The number of nitrogens with zero attached hydrogens (tertiary/aromatic N) is 1. The molecule has 2 N–H and O–H groups in total. The maximum Gasteiger partial charge on any atom is 0.268 e. The molecular weight excluding hydrogens is 474 g/mol. The van der Waals surface area contributed by atoms with E-state index >= 15 is 0 Å². The number of fused-ring (bicyclic) bond motifs is 1. The minimum Gasteiger partial charge on any atom is -0.489 e. The van der Waals surface area contributed by atoms with E-state index in [0.29, 0.717) is 18.6 Å². The number of hydrazine groups is 1. The highest BCUT2D eigenvalue weighted by molar-refractivity contribution is 6.04. The summed E-state index contributed by atoms with van der Waals surface area (Å²) in [6.07, 6.45) is 3.17. The zero-order valence-electron chi connectivity index (χ0n) is 24.7. The van der Waals surface area contributed by atoms with Crippen molar-refractivity contribution in [3.8, 4) is 5.75 Å². The van der Waals surface area contributed by atoms with Crippen LogP contribution in [0.3, 0.4) is 0 Å². The summed E-state index contributed by atoms with van der Waals surface area (Å²) in [6, 6.07) is 17.4. The highest BCUT2D eigenvalue weighted by atomic mass is 16.5. The second kappa shape index (κ2) is 17.2. The quantitative estimate of drug-likeness (QED) is 0.356. The van der Waals surface area contributed by atoms with E-state index in [2.05, 4.69) is 30.7 Å². The fourth-order valence-electron chi connectivity index (χ4n) is 3.95. The summed E-state index contributed by atoms with van der Waals surface area (Å²) in [5.41, 5.74) is 7.72. The van der Waals surface area contributed by atoms with Crippen molar-refractivity contribution in [2.24, 2.45) is 0 Å². The van der Waals surface area contributed by atoms with Gasteiger partial charge in [-0.15, -0.1) is 0 Å². The molecule has 2 unspecified atom stereocenters. The van der Waals surface area contributed by atoms with Gasteiger partial charge in [-0.1, -0.05) is 83.5 Å². The molecule has 6 nitrogen and oxygen atoms in total. The van der Waals surface area contributed by atoms with Crippen LogP contribution in [0.1, 0.15) is 87.7 Å². The summed E-state index contributed by atoms with van der Waals surface area (Å²) in [5.74, 6) is 0.691. The van der Waals surface area contributed by atoms with Crippen LogP contribution in [0.15, 0.2) is 71.8 Å². The molecule has 2 aliphatic heterocycles. The molecule has 210 valence electrons. The third-order valence-electron chi connectivity index (χ3n) is 5.72. The van der Waals surface area contributed by atoms with Crippen molar-refractivity contribution in [2.45, 2.75) is 94.0 Å².